The molecule has 178 valence electrons. The minimum absolute atomic E-state index is 0.145. The molecule has 1 atom stereocenters. The van der Waals surface area contributed by atoms with Gasteiger partial charge >= 0.3 is 0 Å². The van der Waals surface area contributed by atoms with Crippen molar-refractivity contribution in [1.82, 2.24) is 9.62 Å². The van der Waals surface area contributed by atoms with Crippen LogP contribution >= 0.6 is 11.6 Å². The number of benzene rings is 2. The van der Waals surface area contributed by atoms with Gasteiger partial charge in [0.05, 0.1) is 22.9 Å². The van der Waals surface area contributed by atoms with Crippen LogP contribution in [0.5, 0.6) is 17.2 Å². The van der Waals surface area contributed by atoms with E-state index in [4.69, 9.17) is 25.8 Å². The fraction of sp³-hybridized carbons (Fsp3) is 0.435. The number of piperidine rings is 1. The number of ether oxygens (including phenoxy) is 3. The van der Waals surface area contributed by atoms with Crippen LogP contribution in [0.15, 0.2) is 41.3 Å². The second-order valence-electron chi connectivity index (χ2n) is 8.02. The lowest BCUT2D eigenvalue weighted by Crippen LogP contribution is -2.45. The lowest BCUT2D eigenvalue weighted by molar-refractivity contribution is -0.126. The normalized spacial score (nSPS) is 18.5. The van der Waals surface area contributed by atoms with Crippen molar-refractivity contribution in [3.05, 3.63) is 47.0 Å². The molecule has 0 bridgehead atoms. The lowest BCUT2D eigenvalue weighted by Gasteiger charge is -2.31. The van der Waals surface area contributed by atoms with Gasteiger partial charge in [0.2, 0.25) is 15.9 Å². The number of carbonyl (C=O) groups is 1. The molecule has 0 unspecified atom stereocenters. The van der Waals surface area contributed by atoms with E-state index in [0.29, 0.717) is 67.8 Å². The van der Waals surface area contributed by atoms with Crippen molar-refractivity contribution in [3.8, 4) is 17.2 Å². The first-order chi connectivity index (χ1) is 15.9. The summed E-state index contributed by atoms with van der Waals surface area (Å²) in [5, 5.41) is 3.42. The molecule has 10 heteroatoms. The molecule has 0 radical (unpaired) electrons. The average molecular weight is 495 g/mol. The molecule has 1 N–H and O–H groups in total. The number of nitrogens with zero attached hydrogens (tertiary/aromatic N) is 1. The minimum atomic E-state index is -3.67. The second-order valence-corrected chi connectivity index (χ2v) is 10.4. The Morgan fingerprint density at radius 2 is 1.97 bits per heavy atom. The molecule has 0 aromatic heterocycles. The first kappa shape index (κ1) is 23.7. The third kappa shape index (κ3) is 5.37. The van der Waals surface area contributed by atoms with Crippen LogP contribution in [0.1, 0.15) is 18.4 Å². The van der Waals surface area contributed by atoms with Crippen LogP contribution in [0.3, 0.4) is 0 Å². The number of fused-ring (bicyclic) bond motifs is 1. The second kappa shape index (κ2) is 10.2. The Morgan fingerprint density at radius 3 is 2.73 bits per heavy atom. The van der Waals surface area contributed by atoms with Gasteiger partial charge < -0.3 is 19.5 Å². The van der Waals surface area contributed by atoms with Crippen LogP contribution in [-0.4, -0.2) is 58.6 Å². The highest BCUT2D eigenvalue weighted by molar-refractivity contribution is 7.89. The number of nitrogens with one attached hydrogen (secondary N) is 1. The Bertz CT molecular complexity index is 1110. The van der Waals surface area contributed by atoms with Gasteiger partial charge in [-0.25, -0.2) is 8.42 Å². The zero-order valence-corrected chi connectivity index (χ0v) is 20.0. The molecular weight excluding hydrogens is 468 g/mol. The van der Waals surface area contributed by atoms with Crippen LogP contribution in [0.25, 0.3) is 0 Å². The van der Waals surface area contributed by atoms with E-state index in [-0.39, 0.29) is 17.3 Å². The van der Waals surface area contributed by atoms with Crippen LogP contribution < -0.4 is 19.5 Å². The molecule has 2 aliphatic rings. The summed E-state index contributed by atoms with van der Waals surface area (Å²) in [5.41, 5.74) is 0.928. The van der Waals surface area contributed by atoms with E-state index in [0.717, 1.165) is 5.56 Å². The fourth-order valence-corrected chi connectivity index (χ4v) is 5.87. The third-order valence-corrected chi connectivity index (χ3v) is 7.98. The van der Waals surface area contributed by atoms with Crippen LogP contribution in [-0.2, 0) is 21.2 Å². The van der Waals surface area contributed by atoms with Gasteiger partial charge in [-0.2, -0.15) is 4.31 Å². The van der Waals surface area contributed by atoms with Crippen molar-refractivity contribution >= 4 is 27.5 Å². The molecule has 1 saturated heterocycles. The van der Waals surface area contributed by atoms with E-state index >= 15 is 0 Å². The van der Waals surface area contributed by atoms with Crippen molar-refractivity contribution in [2.75, 3.05) is 40.0 Å². The van der Waals surface area contributed by atoms with E-state index in [1.807, 2.05) is 12.1 Å². The first-order valence-electron chi connectivity index (χ1n) is 10.9. The highest BCUT2D eigenvalue weighted by Crippen LogP contribution is 2.38. The molecule has 1 fully saturated rings. The van der Waals surface area contributed by atoms with Gasteiger partial charge in [-0.05, 0) is 61.2 Å². The van der Waals surface area contributed by atoms with Gasteiger partial charge in [-0.1, -0.05) is 11.6 Å². The number of methoxy groups -OCH3 is 1. The van der Waals surface area contributed by atoms with Gasteiger partial charge in [0.1, 0.15) is 19.0 Å². The number of halogens is 1. The summed E-state index contributed by atoms with van der Waals surface area (Å²) in [6.45, 7) is 1.91. The maximum absolute atomic E-state index is 13.0. The molecule has 0 saturated carbocycles. The van der Waals surface area contributed by atoms with Crippen molar-refractivity contribution in [1.29, 1.82) is 0 Å². The van der Waals surface area contributed by atoms with Gasteiger partial charge in [-0.15, -0.1) is 0 Å². The predicted molar refractivity (Wildman–Crippen MR) is 124 cm³/mol. The van der Waals surface area contributed by atoms with E-state index in [1.165, 1.54) is 23.5 Å². The lowest BCUT2D eigenvalue weighted by atomic mass is 9.98. The van der Waals surface area contributed by atoms with E-state index in [9.17, 15) is 13.2 Å². The maximum Gasteiger partial charge on any atom is 0.243 e. The summed E-state index contributed by atoms with van der Waals surface area (Å²) in [4.78, 5) is 13.0. The summed E-state index contributed by atoms with van der Waals surface area (Å²) in [5.74, 6) is 1.21. The Morgan fingerprint density at radius 1 is 1.21 bits per heavy atom. The Hall–Kier alpha value is -2.49. The zero-order chi connectivity index (χ0) is 23.4. The maximum atomic E-state index is 13.0. The largest absolute Gasteiger partial charge is 0.497 e. The van der Waals surface area contributed by atoms with Gasteiger partial charge in [0, 0.05) is 19.6 Å². The summed E-state index contributed by atoms with van der Waals surface area (Å²) in [6.07, 6.45) is 1.85. The van der Waals surface area contributed by atoms with Crippen LogP contribution in [0, 0.1) is 5.92 Å². The van der Waals surface area contributed by atoms with Crippen molar-refractivity contribution in [2.24, 2.45) is 5.92 Å². The third-order valence-electron chi connectivity index (χ3n) is 5.82. The molecule has 2 aromatic rings. The summed E-state index contributed by atoms with van der Waals surface area (Å²) in [6, 6.07) is 9.96. The molecule has 33 heavy (non-hydrogen) atoms. The highest BCUT2D eigenvalue weighted by Gasteiger charge is 2.33. The molecule has 0 aliphatic carbocycles. The molecule has 2 aliphatic heterocycles. The average Bonchev–Trinajstić information content (AvgIpc) is 2.84. The van der Waals surface area contributed by atoms with E-state index < -0.39 is 15.9 Å². The topological polar surface area (TPSA) is 94.2 Å². The van der Waals surface area contributed by atoms with Crippen LogP contribution in [0.4, 0.5) is 0 Å². The van der Waals surface area contributed by atoms with E-state index in [2.05, 4.69) is 5.32 Å². The van der Waals surface area contributed by atoms with Gasteiger partial charge in [0.15, 0.2) is 11.5 Å². The molecule has 2 aromatic carbocycles. The number of sulfonamides is 1. The molecule has 2 heterocycles. The number of amides is 1. The molecule has 0 spiro atoms. The molecule has 8 nitrogen and oxygen atoms in total. The Balaban J connectivity index is 1.33. The molecular formula is C23H27ClN2O6S. The van der Waals surface area contributed by atoms with Crippen LogP contribution in [0.2, 0.25) is 5.02 Å². The first-order valence-corrected chi connectivity index (χ1v) is 12.7. The number of hydrogen-bond acceptors (Lipinski definition) is 6. The Kier molecular flexibility index (Phi) is 7.31. The SMILES string of the molecule is COc1ccc(S(=O)(=O)N2CCC[C@H](C(=O)NCCc3cc(Cl)c4c(c3)OCCO4)C2)cc1. The Labute approximate surface area is 198 Å². The zero-order valence-electron chi connectivity index (χ0n) is 18.4. The monoisotopic (exact) mass is 494 g/mol. The number of rotatable bonds is 7. The fourth-order valence-electron chi connectivity index (χ4n) is 4.05. The van der Waals surface area contributed by atoms with Crippen molar-refractivity contribution in [3.63, 3.8) is 0 Å². The number of carbonyl (C=O) groups excluding carboxylic acids is 1. The standard InChI is InChI=1S/C23H27ClN2O6S/c1-30-18-4-6-19(7-5-18)33(28,29)26-10-2-3-17(15-26)23(27)25-9-8-16-13-20(24)22-21(14-16)31-11-12-32-22/h4-7,13-14,17H,2-3,8-12,15H2,1H3,(H,25,27)/t17-/m0/s1. The van der Waals surface area contributed by atoms with Gasteiger partial charge in [0.25, 0.3) is 0 Å². The summed E-state index contributed by atoms with van der Waals surface area (Å²) in [7, 11) is -2.15. The molecule has 1 amide bonds. The molecule has 4 rings (SSSR count). The smallest absolute Gasteiger partial charge is 0.243 e. The van der Waals surface area contributed by atoms with Crippen molar-refractivity contribution < 1.29 is 27.4 Å². The highest BCUT2D eigenvalue weighted by atomic mass is 35.5. The summed E-state index contributed by atoms with van der Waals surface area (Å²) < 4.78 is 43.7. The van der Waals surface area contributed by atoms with Gasteiger partial charge in [-0.3, -0.25) is 4.79 Å². The van der Waals surface area contributed by atoms with E-state index in [1.54, 1.807) is 12.1 Å². The quantitative estimate of drug-likeness (QED) is 0.636. The predicted octanol–water partition coefficient (Wildman–Crippen LogP) is 2.88. The minimum Gasteiger partial charge on any atom is -0.497 e. The number of hydrogen-bond donors (Lipinski definition) is 1. The van der Waals surface area contributed by atoms with Crippen molar-refractivity contribution in [2.45, 2.75) is 24.2 Å². The summed E-state index contributed by atoms with van der Waals surface area (Å²) >= 11 is 6.28.